The normalized spacial score (nSPS) is 16.4. The van der Waals surface area contributed by atoms with Gasteiger partial charge in [-0.15, -0.1) is 0 Å². The SMILES string of the molecule is COc1cccc(CC(=O)NC2(CC(=O)O)CCCC2)c1. The third kappa shape index (κ3) is 4.21. The van der Waals surface area contributed by atoms with Crippen LogP contribution < -0.4 is 10.1 Å². The van der Waals surface area contributed by atoms with E-state index in [1.807, 2.05) is 24.3 Å². The lowest BCUT2D eigenvalue weighted by molar-refractivity contribution is -0.139. The highest BCUT2D eigenvalue weighted by atomic mass is 16.5. The van der Waals surface area contributed by atoms with Crippen molar-refractivity contribution in [1.29, 1.82) is 0 Å². The molecule has 0 atom stereocenters. The van der Waals surface area contributed by atoms with E-state index in [-0.39, 0.29) is 18.7 Å². The van der Waals surface area contributed by atoms with Gasteiger partial charge in [0.05, 0.1) is 25.5 Å². The topological polar surface area (TPSA) is 75.6 Å². The molecule has 5 heteroatoms. The Kier molecular flexibility index (Phi) is 4.83. The molecular weight excluding hydrogens is 270 g/mol. The fraction of sp³-hybridized carbons (Fsp3) is 0.500. The molecule has 0 saturated heterocycles. The number of rotatable bonds is 6. The summed E-state index contributed by atoms with van der Waals surface area (Å²) in [6.07, 6.45) is 3.64. The van der Waals surface area contributed by atoms with Crippen molar-refractivity contribution in [3.8, 4) is 5.75 Å². The lowest BCUT2D eigenvalue weighted by Crippen LogP contribution is -2.48. The fourth-order valence-electron chi connectivity index (χ4n) is 2.99. The largest absolute Gasteiger partial charge is 0.497 e. The number of benzene rings is 1. The molecule has 1 amide bonds. The second kappa shape index (κ2) is 6.61. The summed E-state index contributed by atoms with van der Waals surface area (Å²) in [5, 5.41) is 12.0. The Morgan fingerprint density at radius 3 is 2.67 bits per heavy atom. The number of carboxylic acids is 1. The first kappa shape index (κ1) is 15.4. The summed E-state index contributed by atoms with van der Waals surface area (Å²) in [5.74, 6) is -0.286. The summed E-state index contributed by atoms with van der Waals surface area (Å²) in [5.41, 5.74) is 0.289. The molecule has 0 unspecified atom stereocenters. The predicted octanol–water partition coefficient (Wildman–Crippen LogP) is 2.14. The van der Waals surface area contributed by atoms with Crippen molar-refractivity contribution in [2.45, 2.75) is 44.1 Å². The van der Waals surface area contributed by atoms with Gasteiger partial charge in [0, 0.05) is 0 Å². The Balaban J connectivity index is 2.00. The van der Waals surface area contributed by atoms with Crippen LogP contribution in [-0.2, 0) is 16.0 Å². The molecule has 5 nitrogen and oxygen atoms in total. The highest BCUT2D eigenvalue weighted by molar-refractivity contribution is 5.80. The minimum Gasteiger partial charge on any atom is -0.497 e. The highest BCUT2D eigenvalue weighted by Gasteiger charge is 2.37. The second-order valence-corrected chi connectivity index (χ2v) is 5.63. The van der Waals surface area contributed by atoms with Gasteiger partial charge < -0.3 is 15.2 Å². The second-order valence-electron chi connectivity index (χ2n) is 5.63. The van der Waals surface area contributed by atoms with Crippen LogP contribution >= 0.6 is 0 Å². The van der Waals surface area contributed by atoms with E-state index in [0.717, 1.165) is 31.2 Å². The van der Waals surface area contributed by atoms with E-state index in [1.165, 1.54) is 0 Å². The van der Waals surface area contributed by atoms with Crippen molar-refractivity contribution >= 4 is 11.9 Å². The zero-order chi connectivity index (χ0) is 15.3. The Morgan fingerprint density at radius 2 is 2.05 bits per heavy atom. The van der Waals surface area contributed by atoms with Crippen molar-refractivity contribution in [2.75, 3.05) is 7.11 Å². The molecule has 114 valence electrons. The molecule has 1 aliphatic carbocycles. The maximum Gasteiger partial charge on any atom is 0.305 e. The summed E-state index contributed by atoms with van der Waals surface area (Å²) in [7, 11) is 1.58. The fourth-order valence-corrected chi connectivity index (χ4v) is 2.99. The number of nitrogens with one attached hydrogen (secondary N) is 1. The number of aliphatic carboxylic acids is 1. The van der Waals surface area contributed by atoms with Crippen LogP contribution in [0.5, 0.6) is 5.75 Å². The maximum absolute atomic E-state index is 12.2. The third-order valence-electron chi connectivity index (χ3n) is 3.95. The van der Waals surface area contributed by atoms with Gasteiger partial charge in [-0.2, -0.15) is 0 Å². The minimum atomic E-state index is -0.862. The molecule has 1 aromatic rings. The lowest BCUT2D eigenvalue weighted by Gasteiger charge is -2.28. The van der Waals surface area contributed by atoms with Gasteiger partial charge in [-0.3, -0.25) is 9.59 Å². The van der Waals surface area contributed by atoms with Crippen LogP contribution in [0.25, 0.3) is 0 Å². The maximum atomic E-state index is 12.2. The molecule has 1 saturated carbocycles. The van der Waals surface area contributed by atoms with E-state index >= 15 is 0 Å². The average Bonchev–Trinajstić information content (AvgIpc) is 2.85. The number of methoxy groups -OCH3 is 1. The Labute approximate surface area is 124 Å². The molecule has 0 bridgehead atoms. The van der Waals surface area contributed by atoms with Gasteiger partial charge in [0.2, 0.25) is 5.91 Å². The van der Waals surface area contributed by atoms with Gasteiger partial charge in [-0.1, -0.05) is 25.0 Å². The summed E-state index contributed by atoms with van der Waals surface area (Å²) >= 11 is 0. The van der Waals surface area contributed by atoms with E-state index in [4.69, 9.17) is 9.84 Å². The molecule has 0 aliphatic heterocycles. The molecule has 1 aliphatic rings. The van der Waals surface area contributed by atoms with Gasteiger partial charge >= 0.3 is 5.97 Å². The summed E-state index contributed by atoms with van der Waals surface area (Å²) in [4.78, 5) is 23.2. The van der Waals surface area contributed by atoms with Crippen LogP contribution in [0.3, 0.4) is 0 Å². The molecule has 0 radical (unpaired) electrons. The lowest BCUT2D eigenvalue weighted by atomic mass is 9.92. The molecule has 1 fully saturated rings. The van der Waals surface area contributed by atoms with Crippen LogP contribution in [-0.4, -0.2) is 29.6 Å². The van der Waals surface area contributed by atoms with Crippen molar-refractivity contribution < 1.29 is 19.4 Å². The van der Waals surface area contributed by atoms with Crippen LogP contribution in [0.4, 0.5) is 0 Å². The van der Waals surface area contributed by atoms with Gasteiger partial charge in [0.1, 0.15) is 5.75 Å². The Hall–Kier alpha value is -2.04. The summed E-state index contributed by atoms with van der Waals surface area (Å²) < 4.78 is 5.13. The number of ether oxygens (including phenoxy) is 1. The molecule has 0 spiro atoms. The van der Waals surface area contributed by atoms with Gasteiger partial charge in [0.25, 0.3) is 0 Å². The smallest absolute Gasteiger partial charge is 0.305 e. The van der Waals surface area contributed by atoms with Crippen molar-refractivity contribution in [3.05, 3.63) is 29.8 Å². The first-order valence-electron chi connectivity index (χ1n) is 7.19. The summed E-state index contributed by atoms with van der Waals surface area (Å²) in [6, 6.07) is 7.34. The number of hydrogen-bond acceptors (Lipinski definition) is 3. The molecule has 0 aromatic heterocycles. The minimum absolute atomic E-state index is 0.00312. The molecule has 0 heterocycles. The van der Waals surface area contributed by atoms with Crippen LogP contribution in [0.15, 0.2) is 24.3 Å². The summed E-state index contributed by atoms with van der Waals surface area (Å²) in [6.45, 7) is 0. The van der Waals surface area contributed by atoms with E-state index in [1.54, 1.807) is 7.11 Å². The molecule has 21 heavy (non-hydrogen) atoms. The van der Waals surface area contributed by atoms with Gasteiger partial charge in [0.15, 0.2) is 0 Å². The zero-order valence-corrected chi connectivity index (χ0v) is 12.2. The number of carbonyl (C=O) groups excluding carboxylic acids is 1. The number of hydrogen-bond donors (Lipinski definition) is 2. The Bertz CT molecular complexity index is 521. The third-order valence-corrected chi connectivity index (χ3v) is 3.95. The van der Waals surface area contributed by atoms with E-state index in [2.05, 4.69) is 5.32 Å². The molecule has 2 rings (SSSR count). The predicted molar refractivity (Wildman–Crippen MR) is 78.3 cm³/mol. The highest BCUT2D eigenvalue weighted by Crippen LogP contribution is 2.32. The number of carbonyl (C=O) groups is 2. The van der Waals surface area contributed by atoms with Crippen LogP contribution in [0.1, 0.15) is 37.7 Å². The van der Waals surface area contributed by atoms with Gasteiger partial charge in [-0.05, 0) is 30.5 Å². The first-order chi connectivity index (χ1) is 10.0. The van der Waals surface area contributed by atoms with Crippen LogP contribution in [0.2, 0.25) is 0 Å². The van der Waals surface area contributed by atoms with Crippen molar-refractivity contribution in [1.82, 2.24) is 5.32 Å². The number of amides is 1. The van der Waals surface area contributed by atoms with E-state index in [0.29, 0.717) is 5.75 Å². The van der Waals surface area contributed by atoms with Crippen molar-refractivity contribution in [2.24, 2.45) is 0 Å². The van der Waals surface area contributed by atoms with E-state index < -0.39 is 11.5 Å². The van der Waals surface area contributed by atoms with Crippen LogP contribution in [0, 0.1) is 0 Å². The average molecular weight is 291 g/mol. The molecular formula is C16H21NO4. The molecule has 2 N–H and O–H groups in total. The molecule has 1 aromatic carbocycles. The Morgan fingerprint density at radius 1 is 1.33 bits per heavy atom. The van der Waals surface area contributed by atoms with E-state index in [9.17, 15) is 9.59 Å². The monoisotopic (exact) mass is 291 g/mol. The first-order valence-corrected chi connectivity index (χ1v) is 7.19. The van der Waals surface area contributed by atoms with Gasteiger partial charge in [-0.25, -0.2) is 0 Å². The zero-order valence-electron chi connectivity index (χ0n) is 12.2. The number of carboxylic acid groups (broad SMARTS) is 1. The van der Waals surface area contributed by atoms with Crippen molar-refractivity contribution in [3.63, 3.8) is 0 Å². The quantitative estimate of drug-likeness (QED) is 0.842. The standard InChI is InChI=1S/C16H21NO4/c1-21-13-6-4-5-12(9-13)10-14(18)17-16(11-15(19)20)7-2-3-8-16/h4-6,9H,2-3,7-8,10-11H2,1H3,(H,17,18)(H,19,20).